The minimum Gasteiger partial charge on any atom is -0.309 e. The molecule has 0 fully saturated rings. The van der Waals surface area contributed by atoms with Crippen LogP contribution in [0, 0.1) is 0 Å². The maximum atomic E-state index is 2.54. The highest BCUT2D eigenvalue weighted by molar-refractivity contribution is 7.26. The molecule has 1 aliphatic rings. The lowest BCUT2D eigenvalue weighted by atomic mass is 9.96. The average Bonchev–Trinajstić information content (AvgIpc) is 3.88. The molecule has 2 aromatic heterocycles. The van der Waals surface area contributed by atoms with E-state index in [4.69, 9.17) is 0 Å². The summed E-state index contributed by atoms with van der Waals surface area (Å²) in [6, 6.07) is 67.2. The molecule has 0 aliphatic heterocycles. The molecule has 3 heteroatoms. The first-order chi connectivity index (χ1) is 26.3. The van der Waals surface area contributed by atoms with Gasteiger partial charge in [-0.05, 0) is 98.9 Å². The van der Waals surface area contributed by atoms with Gasteiger partial charge in [-0.25, -0.2) is 0 Å². The van der Waals surface area contributed by atoms with Crippen molar-refractivity contribution >= 4 is 91.9 Å². The summed E-state index contributed by atoms with van der Waals surface area (Å²) < 4.78 is 4.99. The van der Waals surface area contributed by atoms with E-state index in [2.05, 4.69) is 191 Å². The van der Waals surface area contributed by atoms with Gasteiger partial charge in [-0.1, -0.05) is 121 Å². The summed E-state index contributed by atoms with van der Waals surface area (Å²) in [5.74, 6) is 0. The first-order valence-corrected chi connectivity index (χ1v) is 19.0. The van der Waals surface area contributed by atoms with Crippen molar-refractivity contribution in [1.82, 2.24) is 4.57 Å². The van der Waals surface area contributed by atoms with E-state index in [1.54, 1.807) is 0 Å². The van der Waals surface area contributed by atoms with E-state index in [1.165, 1.54) is 97.2 Å². The molecule has 1 aliphatic carbocycles. The molecular formula is C50H30N2S. The Bertz CT molecular complexity index is 3290. The SMILES string of the molecule is c1ccc(-n2c3ccccc3c3cc(N(c4cccc5c4-c4cccc6cc7ccccc7c-5c46)c4cccc5c4sc4ccccc45)ccc32)cc1. The second-order valence-electron chi connectivity index (χ2n) is 14.1. The molecule has 0 unspecified atom stereocenters. The predicted octanol–water partition coefficient (Wildman–Crippen LogP) is 14.6. The van der Waals surface area contributed by atoms with Crippen LogP contribution in [0.2, 0.25) is 0 Å². The molecule has 12 rings (SSSR count). The van der Waals surface area contributed by atoms with E-state index < -0.39 is 0 Å². The number of para-hydroxylation sites is 2. The Balaban J connectivity index is 1.19. The Hall–Kier alpha value is -6.68. The van der Waals surface area contributed by atoms with Crippen LogP contribution in [0.25, 0.3) is 91.5 Å². The summed E-state index contributed by atoms with van der Waals surface area (Å²) in [4.78, 5) is 2.54. The molecular weight excluding hydrogens is 661 g/mol. The van der Waals surface area contributed by atoms with Crippen molar-refractivity contribution in [3.63, 3.8) is 0 Å². The number of nitrogens with zero attached hydrogens (tertiary/aromatic N) is 2. The molecule has 0 N–H and O–H groups in total. The van der Waals surface area contributed by atoms with E-state index in [9.17, 15) is 0 Å². The van der Waals surface area contributed by atoms with Crippen LogP contribution >= 0.6 is 11.3 Å². The van der Waals surface area contributed by atoms with Crippen molar-refractivity contribution < 1.29 is 0 Å². The number of benzene rings is 9. The second-order valence-corrected chi connectivity index (χ2v) is 15.1. The molecule has 0 amide bonds. The molecule has 0 radical (unpaired) electrons. The molecule has 53 heavy (non-hydrogen) atoms. The highest BCUT2D eigenvalue weighted by Gasteiger charge is 2.30. The lowest BCUT2D eigenvalue weighted by Gasteiger charge is -2.28. The highest BCUT2D eigenvalue weighted by Crippen LogP contribution is 2.56. The van der Waals surface area contributed by atoms with Crippen LogP contribution in [0.4, 0.5) is 17.1 Å². The normalized spacial score (nSPS) is 12.2. The molecule has 11 aromatic rings. The Kier molecular flexibility index (Phi) is 5.96. The monoisotopic (exact) mass is 690 g/mol. The number of anilines is 3. The first-order valence-electron chi connectivity index (χ1n) is 18.2. The lowest BCUT2D eigenvalue weighted by Crippen LogP contribution is -2.11. The van der Waals surface area contributed by atoms with Gasteiger partial charge in [-0.3, -0.25) is 0 Å². The van der Waals surface area contributed by atoms with E-state index in [0.29, 0.717) is 0 Å². The van der Waals surface area contributed by atoms with Gasteiger partial charge in [0.25, 0.3) is 0 Å². The van der Waals surface area contributed by atoms with Gasteiger partial charge >= 0.3 is 0 Å². The first kappa shape index (κ1) is 29.0. The molecule has 0 saturated carbocycles. The zero-order valence-corrected chi connectivity index (χ0v) is 29.4. The van der Waals surface area contributed by atoms with Crippen molar-refractivity contribution in [3.8, 4) is 27.9 Å². The molecule has 246 valence electrons. The van der Waals surface area contributed by atoms with Crippen LogP contribution in [0.3, 0.4) is 0 Å². The van der Waals surface area contributed by atoms with E-state index in [1.807, 2.05) is 11.3 Å². The van der Waals surface area contributed by atoms with Crippen molar-refractivity contribution in [3.05, 3.63) is 182 Å². The van der Waals surface area contributed by atoms with E-state index >= 15 is 0 Å². The van der Waals surface area contributed by atoms with Crippen LogP contribution in [-0.2, 0) is 0 Å². The number of fused-ring (bicyclic) bond motifs is 11. The fourth-order valence-electron chi connectivity index (χ4n) is 9.10. The largest absolute Gasteiger partial charge is 0.309 e. The second kappa shape index (κ2) is 10.9. The fourth-order valence-corrected chi connectivity index (χ4v) is 10.3. The van der Waals surface area contributed by atoms with Crippen molar-refractivity contribution in [2.75, 3.05) is 4.90 Å². The topological polar surface area (TPSA) is 8.17 Å². The van der Waals surface area contributed by atoms with Gasteiger partial charge < -0.3 is 9.47 Å². The number of thiophene rings is 1. The smallest absolute Gasteiger partial charge is 0.0640 e. The molecule has 0 spiro atoms. The summed E-state index contributed by atoms with van der Waals surface area (Å²) in [6.45, 7) is 0. The van der Waals surface area contributed by atoms with Crippen molar-refractivity contribution in [2.45, 2.75) is 0 Å². The number of hydrogen-bond acceptors (Lipinski definition) is 2. The summed E-state index contributed by atoms with van der Waals surface area (Å²) in [6.07, 6.45) is 0. The molecule has 0 atom stereocenters. The van der Waals surface area contributed by atoms with Crippen LogP contribution in [0.1, 0.15) is 0 Å². The van der Waals surface area contributed by atoms with Gasteiger partial charge in [0.1, 0.15) is 0 Å². The standard InChI is InChI=1S/C50H30N2S/c1-2-15-33(16-3-1)51-42-23-8-6-18-36(42)41-30-34(27-28-43(41)51)52(45-25-11-20-38-37-19-7-9-26-46(37)53-50(38)45)44-24-12-22-40-48(44)39-21-10-14-32-29-31-13-4-5-17-35(31)49(40)47(32)39/h1-30H. The quantitative estimate of drug-likeness (QED) is 0.167. The van der Waals surface area contributed by atoms with Gasteiger partial charge in [0.15, 0.2) is 0 Å². The van der Waals surface area contributed by atoms with Gasteiger partial charge in [0, 0.05) is 43.2 Å². The highest BCUT2D eigenvalue weighted by atomic mass is 32.1. The summed E-state index contributed by atoms with van der Waals surface area (Å²) in [5, 5.41) is 10.3. The maximum Gasteiger partial charge on any atom is 0.0640 e. The lowest BCUT2D eigenvalue weighted by molar-refractivity contribution is 1.18. The maximum absolute atomic E-state index is 2.54. The van der Waals surface area contributed by atoms with Crippen LogP contribution in [0.5, 0.6) is 0 Å². The van der Waals surface area contributed by atoms with E-state index in [-0.39, 0.29) is 0 Å². The fraction of sp³-hybridized carbons (Fsp3) is 0. The van der Waals surface area contributed by atoms with Gasteiger partial charge in [-0.2, -0.15) is 0 Å². The van der Waals surface area contributed by atoms with Crippen molar-refractivity contribution in [1.29, 1.82) is 0 Å². The number of hydrogen-bond donors (Lipinski definition) is 0. The number of rotatable bonds is 4. The molecule has 0 bridgehead atoms. The minimum absolute atomic E-state index is 1.14. The Labute approximate surface area is 310 Å². The summed E-state index contributed by atoms with van der Waals surface area (Å²) in [7, 11) is 0. The number of aromatic nitrogens is 1. The molecule has 2 nitrogen and oxygen atoms in total. The van der Waals surface area contributed by atoms with Crippen molar-refractivity contribution in [2.24, 2.45) is 0 Å². The van der Waals surface area contributed by atoms with Crippen LogP contribution in [0.15, 0.2) is 182 Å². The molecule has 0 saturated heterocycles. The Morgan fingerprint density at radius 3 is 2.02 bits per heavy atom. The molecule has 2 heterocycles. The third-order valence-corrected chi connectivity index (χ3v) is 12.5. The minimum atomic E-state index is 1.14. The average molecular weight is 691 g/mol. The Morgan fingerprint density at radius 1 is 0.415 bits per heavy atom. The zero-order valence-electron chi connectivity index (χ0n) is 28.6. The van der Waals surface area contributed by atoms with E-state index in [0.717, 1.165) is 11.4 Å². The third-order valence-electron chi connectivity index (χ3n) is 11.3. The van der Waals surface area contributed by atoms with Gasteiger partial charge in [0.05, 0.1) is 27.1 Å². The zero-order chi connectivity index (χ0) is 34.6. The Morgan fingerprint density at radius 2 is 1.09 bits per heavy atom. The molecule has 9 aromatic carbocycles. The van der Waals surface area contributed by atoms with Gasteiger partial charge in [0.2, 0.25) is 0 Å². The summed E-state index contributed by atoms with van der Waals surface area (Å²) in [5.41, 5.74) is 12.3. The van der Waals surface area contributed by atoms with Crippen LogP contribution in [-0.4, -0.2) is 4.57 Å². The van der Waals surface area contributed by atoms with Crippen LogP contribution < -0.4 is 4.90 Å². The third kappa shape index (κ3) is 4.03. The summed E-state index contributed by atoms with van der Waals surface area (Å²) >= 11 is 1.88. The van der Waals surface area contributed by atoms with Gasteiger partial charge in [-0.15, -0.1) is 11.3 Å². The predicted molar refractivity (Wildman–Crippen MR) is 228 cm³/mol.